The molecule has 1 rings (SSSR count). The van der Waals surface area contributed by atoms with Gasteiger partial charge in [0.15, 0.2) is 0 Å². The highest BCUT2D eigenvalue weighted by Crippen LogP contribution is 2.19. The van der Waals surface area contributed by atoms with Crippen LogP contribution < -0.4 is 0 Å². The van der Waals surface area contributed by atoms with E-state index in [2.05, 4.69) is 19.1 Å². The van der Waals surface area contributed by atoms with Crippen LogP contribution in [0.4, 0.5) is 0 Å². The van der Waals surface area contributed by atoms with Gasteiger partial charge in [-0.05, 0) is 32.1 Å². The van der Waals surface area contributed by atoms with Crippen molar-refractivity contribution < 1.29 is 24.8 Å². The van der Waals surface area contributed by atoms with E-state index in [9.17, 15) is 10.2 Å². The molecule has 0 bridgehead atoms. The predicted octanol–water partition coefficient (Wildman–Crippen LogP) is 3.35. The molecule has 3 N–H and O–H groups in total. The van der Waals surface area contributed by atoms with Crippen LogP contribution in [0.15, 0.2) is 12.2 Å². The zero-order valence-corrected chi connectivity index (χ0v) is 16.5. The SMILES string of the molecule is CCCCCCCCC/C=C/CCCCO[C@H]1[C@H](O)[C@@H](CO)OC[C@@H]1O. The Morgan fingerprint density at radius 1 is 0.923 bits per heavy atom. The maximum atomic E-state index is 10.0. The quantitative estimate of drug-likeness (QED) is 0.303. The highest BCUT2D eigenvalue weighted by atomic mass is 16.6. The van der Waals surface area contributed by atoms with Crippen molar-refractivity contribution in [2.45, 2.75) is 102 Å². The van der Waals surface area contributed by atoms with Crippen LogP contribution in [0.5, 0.6) is 0 Å². The van der Waals surface area contributed by atoms with E-state index >= 15 is 0 Å². The molecular weight excluding hydrogens is 332 g/mol. The van der Waals surface area contributed by atoms with Gasteiger partial charge in [0.2, 0.25) is 0 Å². The van der Waals surface area contributed by atoms with Crippen molar-refractivity contribution in [2.75, 3.05) is 19.8 Å². The fraction of sp³-hybridized carbons (Fsp3) is 0.905. The summed E-state index contributed by atoms with van der Waals surface area (Å²) >= 11 is 0. The summed E-state index contributed by atoms with van der Waals surface area (Å²) in [6, 6.07) is 0. The molecule has 1 heterocycles. The molecule has 0 aromatic heterocycles. The lowest BCUT2D eigenvalue weighted by atomic mass is 10.0. The molecule has 0 aromatic rings. The molecule has 26 heavy (non-hydrogen) atoms. The molecule has 0 radical (unpaired) electrons. The molecule has 1 fully saturated rings. The summed E-state index contributed by atoms with van der Waals surface area (Å²) in [5.74, 6) is 0. The molecule has 0 spiro atoms. The molecule has 4 atom stereocenters. The molecule has 1 saturated heterocycles. The van der Waals surface area contributed by atoms with Gasteiger partial charge in [0.05, 0.1) is 13.2 Å². The van der Waals surface area contributed by atoms with E-state index in [0.29, 0.717) is 6.61 Å². The second kappa shape index (κ2) is 15.6. The molecular formula is C21H40O5. The number of hydrogen-bond acceptors (Lipinski definition) is 5. The third kappa shape index (κ3) is 10.0. The molecule has 1 aliphatic rings. The van der Waals surface area contributed by atoms with Gasteiger partial charge >= 0.3 is 0 Å². The van der Waals surface area contributed by atoms with Crippen molar-refractivity contribution in [3.8, 4) is 0 Å². The molecule has 154 valence electrons. The van der Waals surface area contributed by atoms with Gasteiger partial charge in [0.1, 0.15) is 24.4 Å². The van der Waals surface area contributed by atoms with E-state index in [4.69, 9.17) is 14.6 Å². The third-order valence-corrected chi connectivity index (χ3v) is 4.97. The summed E-state index contributed by atoms with van der Waals surface area (Å²) in [5.41, 5.74) is 0. The number of ether oxygens (including phenoxy) is 2. The van der Waals surface area contributed by atoms with Crippen molar-refractivity contribution in [1.29, 1.82) is 0 Å². The molecule has 0 aliphatic carbocycles. The Balaban J connectivity index is 1.95. The van der Waals surface area contributed by atoms with Gasteiger partial charge in [-0.1, -0.05) is 57.6 Å². The van der Waals surface area contributed by atoms with Gasteiger partial charge in [-0.25, -0.2) is 0 Å². The highest BCUT2D eigenvalue weighted by Gasteiger charge is 2.38. The number of rotatable bonds is 15. The van der Waals surface area contributed by atoms with Crippen LogP contribution in [0.2, 0.25) is 0 Å². The Kier molecular flexibility index (Phi) is 14.1. The van der Waals surface area contributed by atoms with Crippen molar-refractivity contribution >= 4 is 0 Å². The minimum absolute atomic E-state index is 0.0916. The fourth-order valence-electron chi connectivity index (χ4n) is 3.26. The zero-order chi connectivity index (χ0) is 19.0. The molecule has 0 saturated carbocycles. The number of aliphatic hydroxyl groups excluding tert-OH is 3. The highest BCUT2D eigenvalue weighted by molar-refractivity contribution is 4.87. The summed E-state index contributed by atoms with van der Waals surface area (Å²) in [4.78, 5) is 0. The van der Waals surface area contributed by atoms with Crippen LogP contribution in [-0.2, 0) is 9.47 Å². The van der Waals surface area contributed by atoms with E-state index in [1.54, 1.807) is 0 Å². The van der Waals surface area contributed by atoms with Crippen LogP contribution in [0.25, 0.3) is 0 Å². The van der Waals surface area contributed by atoms with Crippen molar-refractivity contribution in [1.82, 2.24) is 0 Å². The largest absolute Gasteiger partial charge is 0.394 e. The Bertz CT molecular complexity index is 347. The summed E-state index contributed by atoms with van der Waals surface area (Å²) in [5, 5.41) is 29.0. The molecule has 1 aliphatic heterocycles. The monoisotopic (exact) mass is 372 g/mol. The van der Waals surface area contributed by atoms with Crippen LogP contribution in [-0.4, -0.2) is 59.6 Å². The number of allylic oxidation sites excluding steroid dienone is 2. The second-order valence-electron chi connectivity index (χ2n) is 7.32. The second-order valence-corrected chi connectivity index (χ2v) is 7.32. The van der Waals surface area contributed by atoms with E-state index in [1.807, 2.05) is 0 Å². The lowest BCUT2D eigenvalue weighted by molar-refractivity contribution is -0.210. The summed E-state index contributed by atoms with van der Waals surface area (Å²) in [6.07, 6.45) is 15.0. The maximum Gasteiger partial charge on any atom is 0.114 e. The van der Waals surface area contributed by atoms with Gasteiger partial charge in [-0.2, -0.15) is 0 Å². The fourth-order valence-corrected chi connectivity index (χ4v) is 3.26. The van der Waals surface area contributed by atoms with Gasteiger partial charge in [-0.3, -0.25) is 0 Å². The minimum atomic E-state index is -0.981. The first-order valence-electron chi connectivity index (χ1n) is 10.6. The molecule has 0 aromatic carbocycles. The third-order valence-electron chi connectivity index (χ3n) is 4.97. The van der Waals surface area contributed by atoms with Crippen molar-refractivity contribution in [2.24, 2.45) is 0 Å². The van der Waals surface area contributed by atoms with Crippen LogP contribution in [0.3, 0.4) is 0 Å². The summed E-state index contributed by atoms with van der Waals surface area (Å²) in [7, 11) is 0. The smallest absolute Gasteiger partial charge is 0.114 e. The van der Waals surface area contributed by atoms with E-state index in [-0.39, 0.29) is 13.2 Å². The lowest BCUT2D eigenvalue weighted by Gasteiger charge is -2.37. The average Bonchev–Trinajstić information content (AvgIpc) is 2.64. The Morgan fingerprint density at radius 3 is 2.19 bits per heavy atom. The molecule has 0 unspecified atom stereocenters. The van der Waals surface area contributed by atoms with Gasteiger partial charge in [0, 0.05) is 6.61 Å². The zero-order valence-electron chi connectivity index (χ0n) is 16.5. The molecule has 5 nitrogen and oxygen atoms in total. The topological polar surface area (TPSA) is 79.2 Å². The normalized spacial score (nSPS) is 26.6. The van der Waals surface area contributed by atoms with E-state index < -0.39 is 24.4 Å². The van der Waals surface area contributed by atoms with Crippen LogP contribution >= 0.6 is 0 Å². The Labute approximate surface area is 159 Å². The van der Waals surface area contributed by atoms with Gasteiger partial charge in [-0.15, -0.1) is 0 Å². The van der Waals surface area contributed by atoms with E-state index in [0.717, 1.165) is 19.3 Å². The van der Waals surface area contributed by atoms with Crippen LogP contribution in [0, 0.1) is 0 Å². The number of unbranched alkanes of at least 4 members (excludes halogenated alkanes) is 9. The first-order chi connectivity index (χ1) is 12.7. The Morgan fingerprint density at radius 2 is 1.54 bits per heavy atom. The first kappa shape index (κ1) is 23.6. The molecule has 0 amide bonds. The van der Waals surface area contributed by atoms with Gasteiger partial charge in [0.25, 0.3) is 0 Å². The van der Waals surface area contributed by atoms with Crippen molar-refractivity contribution in [3.05, 3.63) is 12.2 Å². The van der Waals surface area contributed by atoms with Crippen molar-refractivity contribution in [3.63, 3.8) is 0 Å². The maximum absolute atomic E-state index is 10.0. The summed E-state index contributed by atoms with van der Waals surface area (Å²) in [6.45, 7) is 2.58. The average molecular weight is 373 g/mol. The number of aliphatic hydroxyl groups is 3. The first-order valence-corrected chi connectivity index (χ1v) is 10.6. The van der Waals surface area contributed by atoms with E-state index in [1.165, 1.54) is 51.4 Å². The standard InChI is InChI=1S/C21H40O5/c1-2-3-4-5-6-7-8-9-10-11-12-13-14-15-25-21-18(23)17-26-19(16-22)20(21)24/h10-11,18-24H,2-9,12-17H2,1H3/b11-10+/t18-,19+,20+,21+/m0/s1. The number of hydrogen-bond donors (Lipinski definition) is 3. The lowest BCUT2D eigenvalue weighted by Crippen LogP contribution is -2.55. The van der Waals surface area contributed by atoms with Crippen LogP contribution in [0.1, 0.15) is 77.6 Å². The molecule has 5 heteroatoms. The Hall–Kier alpha value is -0.460. The predicted molar refractivity (Wildman–Crippen MR) is 104 cm³/mol. The minimum Gasteiger partial charge on any atom is -0.394 e. The summed E-state index contributed by atoms with van der Waals surface area (Å²) < 4.78 is 10.8. The van der Waals surface area contributed by atoms with Gasteiger partial charge < -0.3 is 24.8 Å².